The lowest BCUT2D eigenvalue weighted by atomic mass is 9.89. The normalized spacial score (nSPS) is 21.4. The van der Waals surface area contributed by atoms with Crippen LogP contribution in [0.4, 0.5) is 5.69 Å². The van der Waals surface area contributed by atoms with Gasteiger partial charge in [0.05, 0.1) is 11.4 Å². The molecule has 0 fully saturated rings. The number of para-hydroxylation sites is 1. The fraction of sp³-hybridized carbons (Fsp3) is 0.308. The van der Waals surface area contributed by atoms with Gasteiger partial charge in [0.15, 0.2) is 0 Å². The molecule has 1 heterocycles. The van der Waals surface area contributed by atoms with Crippen LogP contribution in [0.15, 0.2) is 35.4 Å². The average molecular weight is 326 g/mol. The number of nitrogens with zero attached hydrogens (tertiary/aromatic N) is 2. The van der Waals surface area contributed by atoms with E-state index in [1.165, 1.54) is 6.92 Å². The van der Waals surface area contributed by atoms with Crippen molar-refractivity contribution in [2.75, 3.05) is 5.01 Å². The van der Waals surface area contributed by atoms with Crippen molar-refractivity contribution in [1.82, 2.24) is 0 Å². The number of carboxylic acid groups (broad SMARTS) is 1. The summed E-state index contributed by atoms with van der Waals surface area (Å²) >= 11 is 0. The van der Waals surface area contributed by atoms with E-state index in [0.717, 1.165) is 11.9 Å². The zero-order valence-corrected chi connectivity index (χ0v) is 12.6. The van der Waals surface area contributed by atoms with Crippen LogP contribution in [-0.2, 0) is 19.7 Å². The van der Waals surface area contributed by atoms with E-state index in [0.29, 0.717) is 5.69 Å². The summed E-state index contributed by atoms with van der Waals surface area (Å²) in [6, 6.07) is 8.17. The first-order valence-corrected chi connectivity index (χ1v) is 7.69. The number of amides is 1. The Kier molecular flexibility index (Phi) is 3.80. The first kappa shape index (κ1) is 16.1. The van der Waals surface area contributed by atoms with Gasteiger partial charge in [0.1, 0.15) is 5.92 Å². The van der Waals surface area contributed by atoms with Crippen LogP contribution in [0.1, 0.15) is 13.8 Å². The summed E-state index contributed by atoms with van der Waals surface area (Å²) in [5.41, 5.74) is 0.369. The number of carboxylic acids is 1. The summed E-state index contributed by atoms with van der Waals surface area (Å²) in [5.74, 6) is -4.26. The highest BCUT2D eigenvalue weighted by Crippen LogP contribution is 2.35. The molecule has 0 saturated heterocycles. The van der Waals surface area contributed by atoms with E-state index in [1.807, 2.05) is 0 Å². The predicted octanol–water partition coefficient (Wildman–Crippen LogP) is 0.756. The summed E-state index contributed by atoms with van der Waals surface area (Å²) in [4.78, 5) is 23.9. The Labute approximate surface area is 126 Å². The molecule has 0 radical (unpaired) electrons. The van der Waals surface area contributed by atoms with Crippen molar-refractivity contribution < 1.29 is 27.7 Å². The van der Waals surface area contributed by atoms with Crippen LogP contribution in [0.3, 0.4) is 0 Å². The molecule has 1 aromatic carbocycles. The molecule has 0 bridgehead atoms. The summed E-state index contributed by atoms with van der Waals surface area (Å²) < 4.78 is 29.7. The molecule has 0 unspecified atom stereocenters. The molecule has 0 saturated carbocycles. The van der Waals surface area contributed by atoms with E-state index in [9.17, 15) is 27.7 Å². The minimum atomic E-state index is -5.05. The van der Waals surface area contributed by atoms with Gasteiger partial charge in [0, 0.05) is 0 Å². The fourth-order valence-corrected chi connectivity index (χ4v) is 3.13. The molecule has 118 valence electrons. The Bertz CT molecular complexity index is 758. The highest BCUT2D eigenvalue weighted by Gasteiger charge is 2.59. The molecule has 2 rings (SSSR count). The number of aliphatic carboxylic acids is 1. The smallest absolute Gasteiger partial charge is 0.328 e. The first-order chi connectivity index (χ1) is 10.1. The van der Waals surface area contributed by atoms with Gasteiger partial charge in [0.2, 0.25) is 4.75 Å². The number of benzene rings is 1. The summed E-state index contributed by atoms with van der Waals surface area (Å²) in [6.07, 6.45) is 0. The second-order valence-corrected chi connectivity index (χ2v) is 6.85. The van der Waals surface area contributed by atoms with Gasteiger partial charge in [-0.05, 0) is 26.0 Å². The molecule has 1 aliphatic rings. The van der Waals surface area contributed by atoms with Crippen LogP contribution in [0.5, 0.6) is 0 Å². The van der Waals surface area contributed by atoms with Crippen LogP contribution in [0.2, 0.25) is 0 Å². The van der Waals surface area contributed by atoms with E-state index in [2.05, 4.69) is 5.10 Å². The molecule has 9 heteroatoms. The van der Waals surface area contributed by atoms with Crippen LogP contribution in [0, 0.1) is 5.92 Å². The number of hydrogen-bond acceptors (Lipinski definition) is 5. The minimum absolute atomic E-state index is 0.00335. The summed E-state index contributed by atoms with van der Waals surface area (Å²) in [6.45, 7) is 2.14. The van der Waals surface area contributed by atoms with Crippen LogP contribution >= 0.6 is 0 Å². The molecule has 0 aliphatic carbocycles. The molecule has 8 nitrogen and oxygen atoms in total. The molecule has 2 atom stereocenters. The van der Waals surface area contributed by atoms with Gasteiger partial charge in [-0.2, -0.15) is 13.5 Å². The van der Waals surface area contributed by atoms with Gasteiger partial charge < -0.3 is 5.11 Å². The molecule has 1 aliphatic heterocycles. The number of rotatable bonds is 4. The number of hydrazone groups is 1. The third kappa shape index (κ3) is 2.28. The van der Waals surface area contributed by atoms with E-state index < -0.39 is 32.7 Å². The molecule has 22 heavy (non-hydrogen) atoms. The van der Waals surface area contributed by atoms with E-state index in [-0.39, 0.29) is 5.71 Å². The molecular formula is C13H14N2O6S. The molecule has 2 N–H and O–H groups in total. The second kappa shape index (κ2) is 5.18. The predicted molar refractivity (Wildman–Crippen MR) is 78.1 cm³/mol. The quantitative estimate of drug-likeness (QED) is 0.787. The highest BCUT2D eigenvalue weighted by atomic mass is 32.2. The number of carbonyl (C=O) groups excluding carboxylic acids is 1. The average Bonchev–Trinajstić information content (AvgIpc) is 2.73. The monoisotopic (exact) mass is 326 g/mol. The third-order valence-corrected chi connectivity index (χ3v) is 5.13. The molecule has 0 spiro atoms. The molecular weight excluding hydrogens is 312 g/mol. The van der Waals surface area contributed by atoms with Crippen LogP contribution in [-0.4, -0.2) is 40.4 Å². The minimum Gasteiger partial charge on any atom is -0.480 e. The Morgan fingerprint density at radius 3 is 2.32 bits per heavy atom. The van der Waals surface area contributed by atoms with Crippen molar-refractivity contribution in [2.45, 2.75) is 18.6 Å². The van der Waals surface area contributed by atoms with Crippen molar-refractivity contribution >= 4 is 33.4 Å². The summed E-state index contributed by atoms with van der Waals surface area (Å²) in [5, 5.41) is 14.1. The summed E-state index contributed by atoms with van der Waals surface area (Å²) in [7, 11) is -5.05. The molecule has 1 aromatic rings. The van der Waals surface area contributed by atoms with Crippen molar-refractivity contribution in [1.29, 1.82) is 0 Å². The SMILES string of the molecule is CC1=NN(c2ccccc2)C(=O)[C@H]1[C@](C)(C(=O)O)S(=O)(=O)O. The first-order valence-electron chi connectivity index (χ1n) is 6.25. The number of hydrogen-bond donors (Lipinski definition) is 2. The van der Waals surface area contributed by atoms with Gasteiger partial charge in [-0.25, -0.2) is 5.01 Å². The zero-order valence-electron chi connectivity index (χ0n) is 11.8. The Balaban J connectivity index is 2.53. The van der Waals surface area contributed by atoms with Crippen LogP contribution < -0.4 is 5.01 Å². The zero-order chi connectivity index (χ0) is 16.7. The lowest BCUT2D eigenvalue weighted by Gasteiger charge is -2.27. The third-order valence-electron chi connectivity index (χ3n) is 3.64. The molecule has 0 aromatic heterocycles. The van der Waals surface area contributed by atoms with E-state index in [1.54, 1.807) is 30.3 Å². The standard InChI is InChI=1S/C13H14N2O6S/c1-8-10(13(2,12(17)18)22(19,20)21)11(16)15(14-8)9-6-4-3-5-7-9/h3-7,10H,1-2H3,(H,17,18)(H,19,20,21)/t10-,13+/m0/s1. The van der Waals surface area contributed by atoms with Crippen molar-refractivity contribution in [3.8, 4) is 0 Å². The van der Waals surface area contributed by atoms with E-state index >= 15 is 0 Å². The fourth-order valence-electron chi connectivity index (χ4n) is 2.34. The van der Waals surface area contributed by atoms with Gasteiger partial charge >= 0.3 is 5.97 Å². The lowest BCUT2D eigenvalue weighted by molar-refractivity contribution is -0.142. The lowest BCUT2D eigenvalue weighted by Crippen LogP contribution is -2.55. The maximum absolute atomic E-state index is 12.5. The number of anilines is 1. The second-order valence-electron chi connectivity index (χ2n) is 5.05. The van der Waals surface area contributed by atoms with Crippen molar-refractivity contribution in [2.24, 2.45) is 11.0 Å². The van der Waals surface area contributed by atoms with Crippen molar-refractivity contribution in [3.63, 3.8) is 0 Å². The van der Waals surface area contributed by atoms with E-state index in [4.69, 9.17) is 0 Å². The maximum Gasteiger partial charge on any atom is 0.328 e. The maximum atomic E-state index is 12.5. The van der Waals surface area contributed by atoms with Gasteiger partial charge in [-0.3, -0.25) is 14.1 Å². The Morgan fingerprint density at radius 1 is 1.32 bits per heavy atom. The number of carbonyl (C=O) groups is 2. The Morgan fingerprint density at radius 2 is 1.86 bits per heavy atom. The van der Waals surface area contributed by atoms with Gasteiger partial charge in [0.25, 0.3) is 16.0 Å². The Hall–Kier alpha value is -2.26. The topological polar surface area (TPSA) is 124 Å². The largest absolute Gasteiger partial charge is 0.480 e. The van der Waals surface area contributed by atoms with Gasteiger partial charge in [-0.15, -0.1) is 0 Å². The highest BCUT2D eigenvalue weighted by molar-refractivity contribution is 7.88. The van der Waals surface area contributed by atoms with Gasteiger partial charge in [-0.1, -0.05) is 18.2 Å². The van der Waals surface area contributed by atoms with Crippen molar-refractivity contribution in [3.05, 3.63) is 30.3 Å². The van der Waals surface area contributed by atoms with Crippen LogP contribution in [0.25, 0.3) is 0 Å². The molecule has 1 amide bonds.